The quantitative estimate of drug-likeness (QED) is 0.805. The van der Waals surface area contributed by atoms with Gasteiger partial charge < -0.3 is 5.32 Å². The molecule has 0 heterocycles. The second kappa shape index (κ2) is 8.42. The van der Waals surface area contributed by atoms with Gasteiger partial charge in [0.15, 0.2) is 0 Å². The summed E-state index contributed by atoms with van der Waals surface area (Å²) in [7, 11) is -2.35. The molecule has 0 saturated carbocycles. The van der Waals surface area contributed by atoms with Crippen LogP contribution >= 0.6 is 0 Å². The third-order valence-corrected chi connectivity index (χ3v) is 6.00. The molecule has 0 aliphatic carbocycles. The summed E-state index contributed by atoms with van der Waals surface area (Å²) in [6.45, 7) is 3.83. The normalized spacial score (nSPS) is 11.6. The molecule has 0 aliphatic rings. The van der Waals surface area contributed by atoms with Crippen molar-refractivity contribution in [1.82, 2.24) is 9.62 Å². The van der Waals surface area contributed by atoms with Gasteiger partial charge in [-0.2, -0.15) is 4.31 Å². The van der Waals surface area contributed by atoms with Gasteiger partial charge in [-0.05, 0) is 61.2 Å². The number of nitrogens with zero attached hydrogens (tertiary/aromatic N) is 1. The summed E-state index contributed by atoms with van der Waals surface area (Å²) in [5, 5.41) is 2.68. The van der Waals surface area contributed by atoms with Crippen molar-refractivity contribution in [2.75, 3.05) is 20.1 Å². The van der Waals surface area contributed by atoms with Crippen LogP contribution in [0.4, 0.5) is 4.39 Å². The minimum absolute atomic E-state index is 0.169. The summed E-state index contributed by atoms with van der Waals surface area (Å²) in [5.74, 6) is -0.696. The molecule has 2 rings (SSSR count). The van der Waals surface area contributed by atoms with Crippen LogP contribution in [0.1, 0.15) is 16.7 Å². The first-order valence-electron chi connectivity index (χ1n) is 8.25. The second-order valence-electron chi connectivity index (χ2n) is 6.23. The van der Waals surface area contributed by atoms with Gasteiger partial charge in [0.05, 0.1) is 11.4 Å². The highest BCUT2D eigenvalue weighted by atomic mass is 32.2. The zero-order valence-corrected chi connectivity index (χ0v) is 15.9. The fraction of sp³-hybridized carbons (Fsp3) is 0.316. The lowest BCUT2D eigenvalue weighted by Gasteiger charge is -2.17. The minimum atomic E-state index is -3.72. The van der Waals surface area contributed by atoms with Crippen LogP contribution in [0.15, 0.2) is 47.4 Å². The fourth-order valence-corrected chi connectivity index (χ4v) is 3.61. The Bertz CT molecular complexity index is 880. The van der Waals surface area contributed by atoms with Crippen molar-refractivity contribution in [2.24, 2.45) is 0 Å². The Labute approximate surface area is 153 Å². The number of hydrogen-bond donors (Lipinski definition) is 1. The Hall–Kier alpha value is -2.25. The molecule has 0 unspecified atom stereocenters. The molecule has 1 N–H and O–H groups in total. The molecule has 0 bridgehead atoms. The number of rotatable bonds is 7. The van der Waals surface area contributed by atoms with E-state index in [1.807, 2.05) is 13.8 Å². The molecule has 0 aliphatic heterocycles. The molecule has 0 fully saturated rings. The van der Waals surface area contributed by atoms with Crippen LogP contribution in [0.25, 0.3) is 0 Å². The zero-order chi connectivity index (χ0) is 19.3. The van der Waals surface area contributed by atoms with Crippen LogP contribution in [0.3, 0.4) is 0 Å². The second-order valence-corrected chi connectivity index (χ2v) is 8.28. The predicted molar refractivity (Wildman–Crippen MR) is 98.8 cm³/mol. The third-order valence-electron chi connectivity index (χ3n) is 4.20. The van der Waals surface area contributed by atoms with Crippen LogP contribution in [0.5, 0.6) is 0 Å². The molecule has 140 valence electrons. The van der Waals surface area contributed by atoms with Gasteiger partial charge in [0.1, 0.15) is 5.82 Å². The number of nitrogens with one attached hydrogen (secondary N) is 1. The van der Waals surface area contributed by atoms with Crippen molar-refractivity contribution in [3.8, 4) is 0 Å². The van der Waals surface area contributed by atoms with E-state index in [9.17, 15) is 17.6 Å². The van der Waals surface area contributed by atoms with Crippen LogP contribution in [0, 0.1) is 19.7 Å². The molecule has 26 heavy (non-hydrogen) atoms. The first-order chi connectivity index (χ1) is 12.2. The average Bonchev–Trinajstić information content (AvgIpc) is 2.59. The van der Waals surface area contributed by atoms with Crippen molar-refractivity contribution in [1.29, 1.82) is 0 Å². The Morgan fingerprint density at radius 2 is 1.73 bits per heavy atom. The van der Waals surface area contributed by atoms with E-state index >= 15 is 0 Å². The van der Waals surface area contributed by atoms with Gasteiger partial charge >= 0.3 is 0 Å². The van der Waals surface area contributed by atoms with Gasteiger partial charge in [-0.25, -0.2) is 12.8 Å². The molecule has 2 aromatic carbocycles. The maximum absolute atomic E-state index is 12.8. The summed E-state index contributed by atoms with van der Waals surface area (Å²) in [6.07, 6.45) is 0.541. The van der Waals surface area contributed by atoms with Gasteiger partial charge in [-0.15, -0.1) is 0 Å². The summed E-state index contributed by atoms with van der Waals surface area (Å²) >= 11 is 0. The van der Waals surface area contributed by atoms with Crippen LogP contribution < -0.4 is 5.32 Å². The van der Waals surface area contributed by atoms with Crippen molar-refractivity contribution >= 4 is 15.9 Å². The number of carbonyl (C=O) groups is 1. The maximum atomic E-state index is 12.8. The largest absolute Gasteiger partial charge is 0.355 e. The molecule has 0 spiro atoms. The van der Waals surface area contributed by atoms with Crippen LogP contribution in [-0.2, 0) is 21.2 Å². The van der Waals surface area contributed by atoms with Crippen LogP contribution in [-0.4, -0.2) is 38.8 Å². The standard InChI is InChI=1S/C19H23FN2O3S/c1-14-4-9-18(12-15(14)2)26(24,25)22(3)13-19(23)21-11-10-16-5-7-17(20)8-6-16/h4-9,12H,10-11,13H2,1-3H3,(H,21,23). The molecule has 0 radical (unpaired) electrons. The molecular weight excluding hydrogens is 355 g/mol. The van der Waals surface area contributed by atoms with E-state index < -0.39 is 10.0 Å². The number of benzene rings is 2. The number of halogens is 1. The number of amides is 1. The summed E-state index contributed by atoms with van der Waals surface area (Å²) < 4.78 is 39.0. The number of carbonyl (C=O) groups excluding carboxylic acids is 1. The lowest BCUT2D eigenvalue weighted by molar-refractivity contribution is -0.121. The third kappa shape index (κ3) is 5.12. The average molecular weight is 378 g/mol. The molecule has 7 heteroatoms. The first-order valence-corrected chi connectivity index (χ1v) is 9.69. The lowest BCUT2D eigenvalue weighted by atomic mass is 10.1. The van der Waals surface area contributed by atoms with E-state index in [2.05, 4.69) is 5.32 Å². The Morgan fingerprint density at radius 3 is 2.35 bits per heavy atom. The van der Waals surface area contributed by atoms with Crippen molar-refractivity contribution in [3.63, 3.8) is 0 Å². The van der Waals surface area contributed by atoms with Crippen LogP contribution in [0.2, 0.25) is 0 Å². The number of aryl methyl sites for hydroxylation is 2. The van der Waals surface area contributed by atoms with Gasteiger partial charge in [-0.3, -0.25) is 4.79 Å². The lowest BCUT2D eigenvalue weighted by Crippen LogP contribution is -2.39. The molecule has 0 atom stereocenters. The van der Waals surface area contributed by atoms with Crippen molar-refractivity contribution < 1.29 is 17.6 Å². The van der Waals surface area contributed by atoms with Crippen molar-refractivity contribution in [2.45, 2.75) is 25.2 Å². The highest BCUT2D eigenvalue weighted by Gasteiger charge is 2.23. The van der Waals surface area contributed by atoms with E-state index in [4.69, 9.17) is 0 Å². The molecule has 2 aromatic rings. The van der Waals surface area contributed by atoms with Crippen molar-refractivity contribution in [3.05, 3.63) is 65.0 Å². The highest BCUT2D eigenvalue weighted by molar-refractivity contribution is 7.89. The topological polar surface area (TPSA) is 66.5 Å². The number of likely N-dealkylation sites (N-methyl/N-ethyl adjacent to an activating group) is 1. The van der Waals surface area contributed by atoms with E-state index in [1.54, 1.807) is 30.3 Å². The van der Waals surface area contributed by atoms with E-state index in [0.29, 0.717) is 13.0 Å². The Kier molecular flexibility index (Phi) is 6.50. The first kappa shape index (κ1) is 20.1. The molecule has 0 saturated heterocycles. The zero-order valence-electron chi connectivity index (χ0n) is 15.1. The molecule has 5 nitrogen and oxygen atoms in total. The minimum Gasteiger partial charge on any atom is -0.355 e. The molecule has 0 aromatic heterocycles. The Morgan fingerprint density at radius 1 is 1.08 bits per heavy atom. The molecular formula is C19H23FN2O3S. The highest BCUT2D eigenvalue weighted by Crippen LogP contribution is 2.18. The van der Waals surface area contributed by atoms with Gasteiger partial charge in [0, 0.05) is 13.6 Å². The summed E-state index contributed by atoms with van der Waals surface area (Å²) in [4.78, 5) is 12.2. The maximum Gasteiger partial charge on any atom is 0.243 e. The van der Waals surface area contributed by atoms with Gasteiger partial charge in [0.25, 0.3) is 0 Å². The summed E-state index contributed by atoms with van der Waals surface area (Å²) in [6, 6.07) is 10.9. The predicted octanol–water partition coefficient (Wildman–Crippen LogP) is 2.42. The summed E-state index contributed by atoms with van der Waals surface area (Å²) in [5.41, 5.74) is 2.77. The Balaban J connectivity index is 1.90. The monoisotopic (exact) mass is 378 g/mol. The fourth-order valence-electron chi connectivity index (χ4n) is 2.39. The SMILES string of the molecule is Cc1ccc(S(=O)(=O)N(C)CC(=O)NCCc2ccc(F)cc2)cc1C. The van der Waals surface area contributed by atoms with Gasteiger partial charge in [0.2, 0.25) is 15.9 Å². The molecule has 1 amide bonds. The van der Waals surface area contributed by atoms with Gasteiger partial charge in [-0.1, -0.05) is 18.2 Å². The smallest absolute Gasteiger partial charge is 0.243 e. The van der Waals surface area contributed by atoms with E-state index in [-0.39, 0.29) is 23.2 Å². The van der Waals surface area contributed by atoms with E-state index in [0.717, 1.165) is 21.0 Å². The van der Waals surface area contributed by atoms with E-state index in [1.165, 1.54) is 19.2 Å². The number of sulfonamides is 1. The number of hydrogen-bond acceptors (Lipinski definition) is 3.